The van der Waals surface area contributed by atoms with E-state index >= 15 is 0 Å². The van der Waals surface area contributed by atoms with Crippen molar-refractivity contribution in [2.75, 3.05) is 13.3 Å². The molecular formula is C7H18F2. The Balaban J connectivity index is -0.0000000965. The number of rotatable bonds is 2. The SMILES string of the molecule is CCCF.[3H]C.[3H]CCCF. The summed E-state index contributed by atoms with van der Waals surface area (Å²) in [5.74, 6) is 0. The third-order valence-corrected chi connectivity index (χ3v) is 0.323. The lowest BCUT2D eigenvalue weighted by Gasteiger charge is -1.64. The monoisotopic (exact) mass is 144 g/mol. The first-order valence-electron chi connectivity index (χ1n) is 4.45. The molecule has 9 heavy (non-hydrogen) atoms. The number of hydrogen-bond donors (Lipinski definition) is 0. The maximum Gasteiger partial charge on any atom is 0.0891 e. The van der Waals surface area contributed by atoms with Gasteiger partial charge in [0, 0.05) is 2.74 Å². The van der Waals surface area contributed by atoms with Gasteiger partial charge in [0.1, 0.15) is 0 Å². The highest BCUT2D eigenvalue weighted by molar-refractivity contribution is 4.11. The molecule has 0 aliphatic heterocycles. The van der Waals surface area contributed by atoms with Gasteiger partial charge in [-0.15, -0.1) is 0 Å². The molecule has 2 heteroatoms. The second-order valence-corrected chi connectivity index (χ2v) is 1.23. The Morgan fingerprint density at radius 3 is 1.78 bits per heavy atom. The van der Waals surface area contributed by atoms with Gasteiger partial charge in [-0.05, 0) is 12.8 Å². The van der Waals surface area contributed by atoms with Gasteiger partial charge in [0.2, 0.25) is 0 Å². The fourth-order valence-corrected chi connectivity index (χ4v) is 0. The first kappa shape index (κ1) is 8.86. The van der Waals surface area contributed by atoms with Crippen molar-refractivity contribution in [3.63, 3.8) is 0 Å². The normalized spacial score (nSPS) is 8.89. The van der Waals surface area contributed by atoms with Crippen molar-refractivity contribution in [1.29, 1.82) is 0 Å². The largest absolute Gasteiger partial charge is 0.251 e. The minimum Gasteiger partial charge on any atom is -0.251 e. The topological polar surface area (TPSA) is 0 Å². The molecule has 0 radical (unpaired) electrons. The van der Waals surface area contributed by atoms with Crippen LogP contribution in [-0.4, -0.2) is 13.3 Å². The van der Waals surface area contributed by atoms with Crippen LogP contribution in [0.1, 0.15) is 36.8 Å². The molecule has 0 N–H and O–H groups in total. The van der Waals surface area contributed by atoms with Crippen molar-refractivity contribution < 1.29 is 11.5 Å². The van der Waals surface area contributed by atoms with Gasteiger partial charge in [-0.25, -0.2) is 0 Å². The third-order valence-electron chi connectivity index (χ3n) is 0.323. The van der Waals surface area contributed by atoms with Gasteiger partial charge in [-0.1, -0.05) is 21.2 Å². The van der Waals surface area contributed by atoms with E-state index in [4.69, 9.17) is 2.74 Å². The summed E-state index contributed by atoms with van der Waals surface area (Å²) in [7, 11) is 1.25. The predicted molar refractivity (Wildman–Crippen MR) is 39.3 cm³/mol. The molecule has 0 amide bonds. The van der Waals surface area contributed by atoms with Crippen LogP contribution in [0.3, 0.4) is 0 Å². The first-order chi connectivity index (χ1) is 5.33. The fourth-order valence-electron chi connectivity index (χ4n) is 0. The Kier molecular flexibility index (Phi) is 24.4. The Morgan fingerprint density at radius 2 is 1.78 bits per heavy atom. The summed E-state index contributed by atoms with van der Waals surface area (Å²) in [4.78, 5) is 0. The molecular weight excluding hydrogens is 122 g/mol. The maximum absolute atomic E-state index is 10.9. The molecule has 0 nitrogen and oxygen atoms in total. The zero-order valence-corrected chi connectivity index (χ0v) is 6.29. The van der Waals surface area contributed by atoms with Crippen molar-refractivity contribution in [2.24, 2.45) is 0 Å². The molecule has 0 rings (SSSR count). The van der Waals surface area contributed by atoms with Crippen molar-refractivity contribution >= 4 is 0 Å². The summed E-state index contributed by atoms with van der Waals surface area (Å²) < 4.78 is 33.7. The minimum absolute atomic E-state index is 0.181. The molecule has 0 aromatic rings. The molecule has 0 unspecified atom stereocenters. The summed E-state index contributed by atoms with van der Waals surface area (Å²) in [6.45, 7) is 1.50. The minimum atomic E-state index is -0.344. The molecule has 0 bridgehead atoms. The summed E-state index contributed by atoms with van der Waals surface area (Å²) in [5, 5.41) is 0. The van der Waals surface area contributed by atoms with E-state index in [0.717, 1.165) is 0 Å². The number of hydrogen-bond acceptors (Lipinski definition) is 0. The number of alkyl halides is 2. The Bertz CT molecular complexity index is 33.6. The maximum atomic E-state index is 10.9. The van der Waals surface area contributed by atoms with Crippen LogP contribution in [-0.2, 0) is 0 Å². The molecule has 0 aliphatic rings. The zero-order chi connectivity index (χ0) is 9.54. The van der Waals surface area contributed by atoms with Gasteiger partial charge < -0.3 is 0 Å². The summed E-state index contributed by atoms with van der Waals surface area (Å²) >= 11 is 0. The van der Waals surface area contributed by atoms with Crippen LogP contribution in [0.15, 0.2) is 0 Å². The lowest BCUT2D eigenvalue weighted by Crippen LogP contribution is -1.58. The zero-order valence-electron chi connectivity index (χ0n) is 8.29. The molecule has 0 saturated carbocycles. The van der Waals surface area contributed by atoms with E-state index in [0.29, 0.717) is 12.8 Å². The number of halogens is 2. The summed E-state index contributed by atoms with van der Waals surface area (Å²) in [6.07, 6.45) is 1.04. The van der Waals surface area contributed by atoms with Gasteiger partial charge in [0.05, 0.1) is 13.3 Å². The van der Waals surface area contributed by atoms with Gasteiger partial charge in [-0.3, -0.25) is 8.78 Å². The molecule has 0 fully saturated rings. The van der Waals surface area contributed by atoms with Crippen molar-refractivity contribution in [1.82, 2.24) is 0 Å². The van der Waals surface area contributed by atoms with Gasteiger partial charge in [-0.2, -0.15) is 0 Å². The smallest absolute Gasteiger partial charge is 0.0891 e. The van der Waals surface area contributed by atoms with Gasteiger partial charge in [0.25, 0.3) is 0 Å². The van der Waals surface area contributed by atoms with E-state index in [1.54, 1.807) is 6.92 Å². The van der Waals surface area contributed by atoms with Crippen LogP contribution >= 0.6 is 0 Å². The average molecular weight is 144 g/mol. The van der Waals surface area contributed by atoms with Crippen LogP contribution in [0.5, 0.6) is 0 Å². The molecule has 0 aromatic heterocycles. The van der Waals surface area contributed by atoms with Crippen molar-refractivity contribution in [2.45, 2.75) is 34.1 Å². The second kappa shape index (κ2) is 24.8. The summed E-state index contributed by atoms with van der Waals surface area (Å²) in [5.41, 5.74) is 0. The Morgan fingerprint density at radius 1 is 1.33 bits per heavy atom. The van der Waals surface area contributed by atoms with E-state index in [-0.39, 0.29) is 20.2 Å². The van der Waals surface area contributed by atoms with Crippen LogP contribution in [0.25, 0.3) is 0 Å². The van der Waals surface area contributed by atoms with Gasteiger partial charge >= 0.3 is 0 Å². The van der Waals surface area contributed by atoms with E-state index in [2.05, 4.69) is 0 Å². The third kappa shape index (κ3) is 78.0. The van der Waals surface area contributed by atoms with Crippen LogP contribution in [0.4, 0.5) is 8.78 Å². The lowest BCUT2D eigenvalue weighted by molar-refractivity contribution is 0.487. The molecule has 0 spiro atoms. The predicted octanol–water partition coefficient (Wildman–Crippen LogP) is 3.37. The van der Waals surface area contributed by atoms with E-state index in [1.807, 2.05) is 0 Å². The quantitative estimate of drug-likeness (QED) is 0.557. The molecule has 0 atom stereocenters. The second-order valence-electron chi connectivity index (χ2n) is 1.23. The molecule has 0 saturated heterocycles. The Labute approximate surface area is 60.1 Å². The highest BCUT2D eigenvalue weighted by atomic mass is 19.1. The molecule has 0 heterocycles. The Hall–Kier alpha value is -0.140. The fraction of sp³-hybridized carbons (Fsp3) is 1.00. The molecule has 60 valence electrons. The van der Waals surface area contributed by atoms with Crippen LogP contribution in [0, 0.1) is 0 Å². The lowest BCUT2D eigenvalue weighted by atomic mass is 10.6. The molecule has 0 aromatic carbocycles. The molecule has 0 aliphatic carbocycles. The highest BCUT2D eigenvalue weighted by Gasteiger charge is 1.61. The summed E-state index contributed by atoms with van der Waals surface area (Å²) in [6, 6.07) is 0. The van der Waals surface area contributed by atoms with E-state index in [9.17, 15) is 8.78 Å². The standard InChI is InChI=1S/2C3H7F.CH4/c2*1-2-3-4;/h2*2-3H2,1H3;1H4/i1T;;1T. The van der Waals surface area contributed by atoms with E-state index in [1.165, 1.54) is 7.40 Å². The van der Waals surface area contributed by atoms with Crippen molar-refractivity contribution in [3.05, 3.63) is 0 Å². The van der Waals surface area contributed by atoms with Gasteiger partial charge in [0.15, 0.2) is 0 Å². The van der Waals surface area contributed by atoms with Crippen molar-refractivity contribution in [3.8, 4) is 0 Å². The van der Waals surface area contributed by atoms with Crippen LogP contribution in [0.2, 0.25) is 0 Å². The first-order valence-corrected chi connectivity index (χ1v) is 2.74. The average Bonchev–Trinajstić information content (AvgIpc) is 2.10. The van der Waals surface area contributed by atoms with E-state index < -0.39 is 0 Å². The highest BCUT2D eigenvalue weighted by Crippen LogP contribution is 1.70. The van der Waals surface area contributed by atoms with Crippen LogP contribution < -0.4 is 0 Å².